The SMILES string of the molecule is CCCC1(C(=O)O)CCCN1C(C)c1ccc(SC)cc1. The highest BCUT2D eigenvalue weighted by Crippen LogP contribution is 2.40. The van der Waals surface area contributed by atoms with E-state index in [0.717, 1.165) is 32.2 Å². The lowest BCUT2D eigenvalue weighted by molar-refractivity contribution is -0.151. The third-order valence-corrected chi connectivity index (χ3v) is 5.41. The Labute approximate surface area is 131 Å². The largest absolute Gasteiger partial charge is 0.480 e. The minimum atomic E-state index is -0.674. The van der Waals surface area contributed by atoms with Crippen molar-refractivity contribution in [3.8, 4) is 0 Å². The van der Waals surface area contributed by atoms with E-state index in [1.807, 2.05) is 0 Å². The molecule has 1 heterocycles. The molecule has 3 nitrogen and oxygen atoms in total. The molecule has 0 spiro atoms. The zero-order chi connectivity index (χ0) is 15.5. The fourth-order valence-corrected chi connectivity index (χ4v) is 3.95. The molecule has 21 heavy (non-hydrogen) atoms. The number of carbonyl (C=O) groups is 1. The third kappa shape index (κ3) is 3.11. The van der Waals surface area contributed by atoms with E-state index in [1.54, 1.807) is 11.8 Å². The maximum atomic E-state index is 11.9. The zero-order valence-electron chi connectivity index (χ0n) is 13.1. The van der Waals surface area contributed by atoms with Crippen molar-refractivity contribution < 1.29 is 9.90 Å². The molecule has 2 unspecified atom stereocenters. The fraction of sp³-hybridized carbons (Fsp3) is 0.588. The number of aliphatic carboxylic acids is 1. The van der Waals surface area contributed by atoms with Crippen LogP contribution in [0.2, 0.25) is 0 Å². The third-order valence-electron chi connectivity index (χ3n) is 4.67. The van der Waals surface area contributed by atoms with Crippen LogP contribution in [0.4, 0.5) is 0 Å². The van der Waals surface area contributed by atoms with Gasteiger partial charge in [0, 0.05) is 10.9 Å². The first-order chi connectivity index (χ1) is 10.0. The highest BCUT2D eigenvalue weighted by atomic mass is 32.2. The smallest absolute Gasteiger partial charge is 0.324 e. The monoisotopic (exact) mass is 307 g/mol. The summed E-state index contributed by atoms with van der Waals surface area (Å²) in [4.78, 5) is 15.4. The van der Waals surface area contributed by atoms with Gasteiger partial charge >= 0.3 is 5.97 Å². The van der Waals surface area contributed by atoms with Crippen LogP contribution in [0, 0.1) is 0 Å². The summed E-state index contributed by atoms with van der Waals surface area (Å²) in [6.45, 7) is 5.07. The second-order valence-corrected chi connectivity index (χ2v) is 6.71. The topological polar surface area (TPSA) is 40.5 Å². The van der Waals surface area contributed by atoms with Gasteiger partial charge in [0.1, 0.15) is 5.54 Å². The summed E-state index contributed by atoms with van der Waals surface area (Å²) in [7, 11) is 0. The second-order valence-electron chi connectivity index (χ2n) is 5.83. The van der Waals surface area contributed by atoms with Crippen LogP contribution in [0.25, 0.3) is 0 Å². The number of carboxylic acids is 1. The van der Waals surface area contributed by atoms with Crippen molar-refractivity contribution in [3.63, 3.8) is 0 Å². The molecule has 0 aromatic heterocycles. The summed E-state index contributed by atoms with van der Waals surface area (Å²) in [6, 6.07) is 8.65. The van der Waals surface area contributed by atoms with Gasteiger partial charge in [-0.05, 0) is 56.7 Å². The summed E-state index contributed by atoms with van der Waals surface area (Å²) in [5.41, 5.74) is 0.531. The molecule has 0 aliphatic carbocycles. The van der Waals surface area contributed by atoms with Crippen LogP contribution in [0.5, 0.6) is 0 Å². The first-order valence-electron chi connectivity index (χ1n) is 7.69. The van der Waals surface area contributed by atoms with Crippen molar-refractivity contribution >= 4 is 17.7 Å². The molecule has 1 saturated heterocycles. The van der Waals surface area contributed by atoms with E-state index < -0.39 is 11.5 Å². The molecule has 0 saturated carbocycles. The average Bonchev–Trinajstić information content (AvgIpc) is 2.92. The number of hydrogen-bond donors (Lipinski definition) is 1. The Morgan fingerprint density at radius 1 is 1.43 bits per heavy atom. The minimum absolute atomic E-state index is 0.144. The van der Waals surface area contributed by atoms with Crippen molar-refractivity contribution in [2.45, 2.75) is 56.0 Å². The van der Waals surface area contributed by atoms with Crippen LogP contribution in [0.1, 0.15) is 51.1 Å². The Bertz CT molecular complexity index is 488. The first kappa shape index (κ1) is 16.4. The maximum absolute atomic E-state index is 11.9. The summed E-state index contributed by atoms with van der Waals surface area (Å²) >= 11 is 1.73. The number of benzene rings is 1. The van der Waals surface area contributed by atoms with Gasteiger partial charge in [-0.1, -0.05) is 25.5 Å². The fourth-order valence-electron chi connectivity index (χ4n) is 3.55. The van der Waals surface area contributed by atoms with Gasteiger partial charge in [-0.15, -0.1) is 11.8 Å². The molecule has 1 fully saturated rings. The van der Waals surface area contributed by atoms with Crippen LogP contribution in [0.3, 0.4) is 0 Å². The number of hydrogen-bond acceptors (Lipinski definition) is 3. The van der Waals surface area contributed by atoms with Gasteiger partial charge in [-0.2, -0.15) is 0 Å². The molecule has 2 atom stereocenters. The highest BCUT2D eigenvalue weighted by Gasteiger charge is 2.48. The first-order valence-corrected chi connectivity index (χ1v) is 8.91. The van der Waals surface area contributed by atoms with Crippen molar-refractivity contribution in [1.82, 2.24) is 4.90 Å². The molecule has 1 aliphatic rings. The Morgan fingerprint density at radius 3 is 2.62 bits per heavy atom. The lowest BCUT2D eigenvalue weighted by Crippen LogP contribution is -2.51. The molecule has 0 bridgehead atoms. The molecule has 2 rings (SSSR count). The molecule has 0 radical (unpaired) electrons. The normalized spacial score (nSPS) is 24.1. The minimum Gasteiger partial charge on any atom is -0.480 e. The van der Waals surface area contributed by atoms with Crippen LogP contribution < -0.4 is 0 Å². The molecular weight excluding hydrogens is 282 g/mol. The van der Waals surface area contributed by atoms with Gasteiger partial charge in [-0.25, -0.2) is 0 Å². The zero-order valence-corrected chi connectivity index (χ0v) is 13.9. The number of rotatable bonds is 6. The number of thioether (sulfide) groups is 1. The predicted octanol–water partition coefficient (Wildman–Crippen LogP) is 4.19. The van der Waals surface area contributed by atoms with Gasteiger partial charge in [0.15, 0.2) is 0 Å². The lowest BCUT2D eigenvalue weighted by atomic mass is 9.89. The Balaban J connectivity index is 2.26. The lowest BCUT2D eigenvalue weighted by Gasteiger charge is -2.39. The van der Waals surface area contributed by atoms with Crippen LogP contribution in [0.15, 0.2) is 29.2 Å². The van der Waals surface area contributed by atoms with Crippen LogP contribution >= 0.6 is 11.8 Å². The van der Waals surface area contributed by atoms with Gasteiger partial charge in [0.2, 0.25) is 0 Å². The molecule has 116 valence electrons. The summed E-state index contributed by atoms with van der Waals surface area (Å²) in [6.07, 6.45) is 5.44. The number of likely N-dealkylation sites (tertiary alicyclic amines) is 1. The molecule has 1 aromatic rings. The predicted molar refractivity (Wildman–Crippen MR) is 87.9 cm³/mol. The van der Waals surface area contributed by atoms with Gasteiger partial charge in [0.05, 0.1) is 0 Å². The average molecular weight is 307 g/mol. The second kappa shape index (κ2) is 6.84. The molecule has 0 amide bonds. The molecule has 1 aliphatic heterocycles. The maximum Gasteiger partial charge on any atom is 0.324 e. The van der Waals surface area contributed by atoms with Crippen molar-refractivity contribution in [3.05, 3.63) is 29.8 Å². The van der Waals surface area contributed by atoms with Gasteiger partial charge < -0.3 is 5.11 Å². The molecule has 4 heteroatoms. The van der Waals surface area contributed by atoms with E-state index >= 15 is 0 Å². The van der Waals surface area contributed by atoms with Gasteiger partial charge in [0.25, 0.3) is 0 Å². The Morgan fingerprint density at radius 2 is 2.10 bits per heavy atom. The van der Waals surface area contributed by atoms with E-state index in [0.29, 0.717) is 0 Å². The number of nitrogens with zero attached hydrogens (tertiary/aromatic N) is 1. The highest BCUT2D eigenvalue weighted by molar-refractivity contribution is 7.98. The Hall–Kier alpha value is -1.00. The van der Waals surface area contributed by atoms with Gasteiger partial charge in [-0.3, -0.25) is 9.69 Å². The van der Waals surface area contributed by atoms with Crippen LogP contribution in [-0.2, 0) is 4.79 Å². The summed E-state index contributed by atoms with van der Waals surface area (Å²) in [5, 5.41) is 9.80. The quantitative estimate of drug-likeness (QED) is 0.800. The number of carboxylic acid groups (broad SMARTS) is 1. The van der Waals surface area contributed by atoms with E-state index in [4.69, 9.17) is 0 Å². The summed E-state index contributed by atoms with van der Waals surface area (Å²) < 4.78 is 0. The summed E-state index contributed by atoms with van der Waals surface area (Å²) in [5.74, 6) is -0.658. The molecular formula is C17H25NO2S. The van der Waals surface area contributed by atoms with Crippen molar-refractivity contribution in [2.24, 2.45) is 0 Å². The van der Waals surface area contributed by atoms with E-state index in [9.17, 15) is 9.90 Å². The van der Waals surface area contributed by atoms with E-state index in [-0.39, 0.29) is 6.04 Å². The van der Waals surface area contributed by atoms with Crippen LogP contribution in [-0.4, -0.2) is 34.3 Å². The standard InChI is InChI=1S/C17H25NO2S/c1-4-10-17(16(19)20)11-5-12-18(17)13(2)14-6-8-15(21-3)9-7-14/h6-9,13H,4-5,10-12H2,1-3H3,(H,19,20). The van der Waals surface area contributed by atoms with Crippen molar-refractivity contribution in [1.29, 1.82) is 0 Å². The van der Waals surface area contributed by atoms with E-state index in [1.165, 1.54) is 10.5 Å². The van der Waals surface area contributed by atoms with Crippen molar-refractivity contribution in [2.75, 3.05) is 12.8 Å². The van der Waals surface area contributed by atoms with E-state index in [2.05, 4.69) is 49.3 Å². The molecule has 1 N–H and O–H groups in total. The Kier molecular flexibility index (Phi) is 5.33. The molecule has 1 aromatic carbocycles.